The molecule has 2 N–H and O–H groups in total. The van der Waals surface area contributed by atoms with Crippen LogP contribution in [-0.4, -0.2) is 34.9 Å². The van der Waals surface area contributed by atoms with Crippen LogP contribution in [0.4, 0.5) is 17.6 Å². The quantitative estimate of drug-likeness (QED) is 0.743. The number of nitrogens with one attached hydrogen (secondary N) is 2. The number of likely N-dealkylation sites (N-methyl/N-ethyl adjacent to an activating group) is 1. The van der Waals surface area contributed by atoms with Gasteiger partial charge in [0.25, 0.3) is 0 Å². The van der Waals surface area contributed by atoms with Crippen molar-refractivity contribution in [3.8, 4) is 0 Å². The standard InChI is InChI=1S/C9H13F4N3/c1-2-14-6(9(12,13)8(10)11)5-7-15-3-4-16-7/h3-4,6,8,14H,2,5H2,1H3,(H,15,16). The molecule has 7 heteroatoms. The largest absolute Gasteiger partial charge is 0.349 e. The van der Waals surface area contributed by atoms with E-state index in [0.29, 0.717) is 0 Å². The Labute approximate surface area is 90.3 Å². The first-order valence-corrected chi connectivity index (χ1v) is 4.86. The number of imidazole rings is 1. The van der Waals surface area contributed by atoms with E-state index < -0.39 is 18.4 Å². The van der Waals surface area contributed by atoms with E-state index in [0.717, 1.165) is 0 Å². The van der Waals surface area contributed by atoms with Crippen LogP contribution in [0.2, 0.25) is 0 Å². The molecule has 0 amide bonds. The lowest BCUT2D eigenvalue weighted by Gasteiger charge is -2.26. The number of hydrogen-bond acceptors (Lipinski definition) is 2. The highest BCUT2D eigenvalue weighted by atomic mass is 19.3. The fourth-order valence-corrected chi connectivity index (χ4v) is 1.35. The Morgan fingerprint density at radius 3 is 2.62 bits per heavy atom. The number of nitrogens with zero attached hydrogens (tertiary/aromatic N) is 1. The van der Waals surface area contributed by atoms with Crippen LogP contribution >= 0.6 is 0 Å². The van der Waals surface area contributed by atoms with Gasteiger partial charge in [0.2, 0.25) is 0 Å². The Balaban J connectivity index is 2.74. The van der Waals surface area contributed by atoms with Gasteiger partial charge in [0, 0.05) is 18.8 Å². The Kier molecular flexibility index (Phi) is 4.28. The Morgan fingerprint density at radius 2 is 2.19 bits per heavy atom. The lowest BCUT2D eigenvalue weighted by Crippen LogP contribution is -2.50. The first kappa shape index (κ1) is 13.0. The summed E-state index contributed by atoms with van der Waals surface area (Å²) in [5.41, 5.74) is 0. The molecular weight excluding hydrogens is 226 g/mol. The van der Waals surface area contributed by atoms with E-state index in [1.165, 1.54) is 12.4 Å². The highest BCUT2D eigenvalue weighted by Crippen LogP contribution is 2.28. The van der Waals surface area contributed by atoms with Gasteiger partial charge in [-0.3, -0.25) is 0 Å². The summed E-state index contributed by atoms with van der Waals surface area (Å²) < 4.78 is 50.7. The molecule has 1 aromatic rings. The molecule has 0 bridgehead atoms. The Bertz CT molecular complexity index is 300. The molecule has 1 heterocycles. The van der Waals surface area contributed by atoms with Crippen molar-refractivity contribution < 1.29 is 17.6 Å². The summed E-state index contributed by atoms with van der Waals surface area (Å²) in [5, 5.41) is 2.35. The monoisotopic (exact) mass is 239 g/mol. The van der Waals surface area contributed by atoms with Crippen LogP contribution < -0.4 is 5.32 Å². The maximum absolute atomic E-state index is 13.1. The minimum atomic E-state index is -4.07. The van der Waals surface area contributed by atoms with Crippen molar-refractivity contribution in [3.63, 3.8) is 0 Å². The highest BCUT2D eigenvalue weighted by molar-refractivity contribution is 4.96. The number of hydrogen-bond donors (Lipinski definition) is 2. The van der Waals surface area contributed by atoms with Crippen LogP contribution in [0.3, 0.4) is 0 Å². The fraction of sp³-hybridized carbons (Fsp3) is 0.667. The van der Waals surface area contributed by atoms with Gasteiger partial charge in [0.05, 0.1) is 6.04 Å². The predicted molar refractivity (Wildman–Crippen MR) is 50.7 cm³/mol. The number of halogens is 4. The van der Waals surface area contributed by atoms with Gasteiger partial charge < -0.3 is 10.3 Å². The fourth-order valence-electron chi connectivity index (χ4n) is 1.35. The van der Waals surface area contributed by atoms with E-state index in [1.807, 2.05) is 0 Å². The van der Waals surface area contributed by atoms with E-state index in [1.54, 1.807) is 6.92 Å². The summed E-state index contributed by atoms with van der Waals surface area (Å²) >= 11 is 0. The summed E-state index contributed by atoms with van der Waals surface area (Å²) in [4.78, 5) is 6.35. The second-order valence-electron chi connectivity index (χ2n) is 3.33. The van der Waals surface area contributed by atoms with Crippen LogP contribution in [0, 0.1) is 0 Å². The van der Waals surface area contributed by atoms with Gasteiger partial charge in [0.15, 0.2) is 0 Å². The normalized spacial score (nSPS) is 14.4. The van der Waals surface area contributed by atoms with E-state index >= 15 is 0 Å². The van der Waals surface area contributed by atoms with Crippen molar-refractivity contribution in [2.75, 3.05) is 6.54 Å². The number of rotatable bonds is 6. The second kappa shape index (κ2) is 5.29. The van der Waals surface area contributed by atoms with Gasteiger partial charge in [0.1, 0.15) is 5.82 Å². The first-order valence-electron chi connectivity index (χ1n) is 4.86. The minimum Gasteiger partial charge on any atom is -0.349 e. The Hall–Kier alpha value is -1.11. The third kappa shape index (κ3) is 2.94. The van der Waals surface area contributed by atoms with Gasteiger partial charge in [-0.15, -0.1) is 0 Å². The number of aromatic amines is 1. The molecular formula is C9H13F4N3. The zero-order valence-corrected chi connectivity index (χ0v) is 8.68. The molecule has 0 aliphatic rings. The molecule has 0 aliphatic carbocycles. The molecule has 3 nitrogen and oxygen atoms in total. The van der Waals surface area contributed by atoms with Gasteiger partial charge in [-0.1, -0.05) is 6.92 Å². The van der Waals surface area contributed by atoms with Crippen molar-refractivity contribution >= 4 is 0 Å². The first-order chi connectivity index (χ1) is 7.48. The molecule has 1 rings (SSSR count). The maximum atomic E-state index is 13.1. The van der Waals surface area contributed by atoms with E-state index in [2.05, 4.69) is 15.3 Å². The van der Waals surface area contributed by atoms with E-state index in [4.69, 9.17) is 0 Å². The smallest absolute Gasteiger partial charge is 0.322 e. The van der Waals surface area contributed by atoms with Crippen LogP contribution in [0.5, 0.6) is 0 Å². The second-order valence-corrected chi connectivity index (χ2v) is 3.33. The van der Waals surface area contributed by atoms with Gasteiger partial charge in [-0.05, 0) is 6.54 Å². The van der Waals surface area contributed by atoms with E-state index in [-0.39, 0.29) is 18.8 Å². The average molecular weight is 239 g/mol. The van der Waals surface area contributed by atoms with Crippen LogP contribution in [0.15, 0.2) is 12.4 Å². The summed E-state index contributed by atoms with van der Waals surface area (Å²) in [6.45, 7) is 1.77. The molecule has 16 heavy (non-hydrogen) atoms. The molecule has 0 aliphatic heterocycles. The Morgan fingerprint density at radius 1 is 1.50 bits per heavy atom. The molecule has 0 fully saturated rings. The van der Waals surface area contributed by atoms with Gasteiger partial charge in [-0.2, -0.15) is 8.78 Å². The lowest BCUT2D eigenvalue weighted by atomic mass is 10.1. The van der Waals surface area contributed by atoms with Crippen molar-refractivity contribution in [2.24, 2.45) is 0 Å². The SMILES string of the molecule is CCNC(Cc1ncc[nH]1)C(F)(F)C(F)F. The molecule has 0 radical (unpaired) electrons. The molecule has 0 spiro atoms. The molecule has 0 saturated carbocycles. The molecule has 92 valence electrons. The summed E-state index contributed by atoms with van der Waals surface area (Å²) in [7, 11) is 0. The molecule has 0 aromatic carbocycles. The third-order valence-corrected chi connectivity index (χ3v) is 2.16. The van der Waals surface area contributed by atoms with Gasteiger partial charge in [-0.25, -0.2) is 13.8 Å². The molecule has 1 atom stereocenters. The van der Waals surface area contributed by atoms with Crippen LogP contribution in [-0.2, 0) is 6.42 Å². The average Bonchev–Trinajstić information content (AvgIpc) is 2.69. The molecule has 1 aromatic heterocycles. The van der Waals surface area contributed by atoms with Crippen LogP contribution in [0.1, 0.15) is 12.7 Å². The minimum absolute atomic E-state index is 0.188. The van der Waals surface area contributed by atoms with Crippen molar-refractivity contribution in [2.45, 2.75) is 31.7 Å². The zero-order valence-electron chi connectivity index (χ0n) is 8.68. The summed E-state index contributed by atoms with van der Waals surface area (Å²) in [5.74, 6) is -3.81. The lowest BCUT2D eigenvalue weighted by molar-refractivity contribution is -0.149. The third-order valence-electron chi connectivity index (χ3n) is 2.16. The molecule has 1 unspecified atom stereocenters. The zero-order chi connectivity index (χ0) is 12.2. The van der Waals surface area contributed by atoms with E-state index in [9.17, 15) is 17.6 Å². The van der Waals surface area contributed by atoms with Crippen LogP contribution in [0.25, 0.3) is 0 Å². The predicted octanol–water partition coefficient (Wildman–Crippen LogP) is 1.83. The maximum Gasteiger partial charge on any atom is 0.322 e. The van der Waals surface area contributed by atoms with Crippen molar-refractivity contribution in [3.05, 3.63) is 18.2 Å². The number of alkyl halides is 4. The topological polar surface area (TPSA) is 40.7 Å². The van der Waals surface area contributed by atoms with Gasteiger partial charge >= 0.3 is 12.3 Å². The summed E-state index contributed by atoms with van der Waals surface area (Å²) in [6, 6.07) is -1.62. The number of H-pyrrole nitrogens is 1. The van der Waals surface area contributed by atoms with Crippen molar-refractivity contribution in [1.82, 2.24) is 15.3 Å². The van der Waals surface area contributed by atoms with Crippen molar-refractivity contribution in [1.29, 1.82) is 0 Å². The molecule has 0 saturated heterocycles. The highest BCUT2D eigenvalue weighted by Gasteiger charge is 2.48. The number of aromatic nitrogens is 2. The summed E-state index contributed by atoms with van der Waals surface area (Å²) in [6.07, 6.45) is -1.11.